The summed E-state index contributed by atoms with van der Waals surface area (Å²) in [6, 6.07) is 7.59. The normalized spacial score (nSPS) is 14.8. The first kappa shape index (κ1) is 13.5. The van der Waals surface area contributed by atoms with Crippen molar-refractivity contribution in [2.45, 2.75) is 44.8 Å². The number of rotatable bonds is 6. The van der Waals surface area contributed by atoms with Gasteiger partial charge >= 0.3 is 0 Å². The second kappa shape index (κ2) is 6.89. The number of hydrogen-bond acceptors (Lipinski definition) is 2. The maximum absolute atomic E-state index is 9.70. The van der Waals surface area contributed by atoms with E-state index < -0.39 is 12.2 Å². The van der Waals surface area contributed by atoms with Crippen molar-refractivity contribution in [1.82, 2.24) is 0 Å². The van der Waals surface area contributed by atoms with Crippen LogP contribution in [0.4, 0.5) is 0 Å². The molecule has 0 amide bonds. The van der Waals surface area contributed by atoms with E-state index >= 15 is 0 Å². The van der Waals surface area contributed by atoms with Crippen molar-refractivity contribution >= 4 is 11.6 Å². The molecule has 0 bridgehead atoms. The number of benzene rings is 1. The standard InChI is InChI=1S/C13H19ClO2/c1-2-4-12(15)13(16)8-7-10-5-3-6-11(14)9-10/h3,5-6,9,12-13,15-16H,2,4,7-8H2,1H3. The number of halogens is 1. The average Bonchev–Trinajstić information content (AvgIpc) is 2.26. The van der Waals surface area contributed by atoms with Crippen molar-refractivity contribution in [2.24, 2.45) is 0 Å². The molecule has 90 valence electrons. The molecule has 0 aliphatic rings. The van der Waals surface area contributed by atoms with Gasteiger partial charge in [-0.05, 0) is 37.0 Å². The van der Waals surface area contributed by atoms with Gasteiger partial charge in [0.05, 0.1) is 12.2 Å². The molecule has 0 aliphatic heterocycles. The quantitative estimate of drug-likeness (QED) is 0.806. The van der Waals surface area contributed by atoms with Crippen molar-refractivity contribution in [3.63, 3.8) is 0 Å². The first-order valence-corrected chi connectivity index (χ1v) is 6.12. The predicted molar refractivity (Wildman–Crippen MR) is 66.7 cm³/mol. The van der Waals surface area contributed by atoms with E-state index in [9.17, 15) is 10.2 Å². The van der Waals surface area contributed by atoms with Crippen LogP contribution in [0.5, 0.6) is 0 Å². The van der Waals surface area contributed by atoms with E-state index in [1.54, 1.807) is 0 Å². The summed E-state index contributed by atoms with van der Waals surface area (Å²) in [6.45, 7) is 1.99. The lowest BCUT2D eigenvalue weighted by atomic mass is 10.0. The second-order valence-corrected chi connectivity index (χ2v) is 4.53. The summed E-state index contributed by atoms with van der Waals surface area (Å²) in [5.41, 5.74) is 1.09. The molecule has 0 radical (unpaired) electrons. The molecule has 0 saturated heterocycles. The monoisotopic (exact) mass is 242 g/mol. The van der Waals surface area contributed by atoms with Crippen LogP contribution in [0.15, 0.2) is 24.3 Å². The van der Waals surface area contributed by atoms with Crippen LogP contribution in [-0.4, -0.2) is 22.4 Å². The van der Waals surface area contributed by atoms with Crippen LogP contribution >= 0.6 is 11.6 Å². The van der Waals surface area contributed by atoms with Crippen molar-refractivity contribution in [3.05, 3.63) is 34.9 Å². The lowest BCUT2D eigenvalue weighted by Crippen LogP contribution is -2.26. The van der Waals surface area contributed by atoms with E-state index in [4.69, 9.17) is 11.6 Å². The van der Waals surface area contributed by atoms with Crippen LogP contribution in [0.1, 0.15) is 31.7 Å². The molecule has 1 rings (SSSR count). The van der Waals surface area contributed by atoms with Crippen LogP contribution in [0.2, 0.25) is 5.02 Å². The molecule has 3 heteroatoms. The van der Waals surface area contributed by atoms with E-state index in [1.165, 1.54) is 0 Å². The van der Waals surface area contributed by atoms with Gasteiger partial charge in [0, 0.05) is 5.02 Å². The first-order chi connectivity index (χ1) is 7.63. The molecule has 2 N–H and O–H groups in total. The highest BCUT2D eigenvalue weighted by molar-refractivity contribution is 6.30. The van der Waals surface area contributed by atoms with Gasteiger partial charge in [-0.2, -0.15) is 0 Å². The summed E-state index contributed by atoms with van der Waals surface area (Å²) >= 11 is 5.86. The third-order valence-corrected chi connectivity index (χ3v) is 2.88. The summed E-state index contributed by atoms with van der Waals surface area (Å²) in [5, 5.41) is 20.0. The summed E-state index contributed by atoms with van der Waals surface area (Å²) in [7, 11) is 0. The van der Waals surface area contributed by atoms with Crippen LogP contribution in [0.25, 0.3) is 0 Å². The summed E-state index contributed by atoms with van der Waals surface area (Å²) in [6.07, 6.45) is 1.60. The molecular weight excluding hydrogens is 224 g/mol. The number of aliphatic hydroxyl groups excluding tert-OH is 2. The molecule has 0 fully saturated rings. The van der Waals surface area contributed by atoms with E-state index in [-0.39, 0.29) is 0 Å². The smallest absolute Gasteiger partial charge is 0.0802 e. The lowest BCUT2D eigenvalue weighted by Gasteiger charge is -2.16. The minimum atomic E-state index is -0.640. The Hall–Kier alpha value is -0.570. The van der Waals surface area contributed by atoms with Gasteiger partial charge in [-0.15, -0.1) is 0 Å². The maximum Gasteiger partial charge on any atom is 0.0802 e. The summed E-state index contributed by atoms with van der Waals surface area (Å²) in [4.78, 5) is 0. The van der Waals surface area contributed by atoms with Gasteiger partial charge in [0.15, 0.2) is 0 Å². The third-order valence-electron chi connectivity index (χ3n) is 2.65. The van der Waals surface area contributed by atoms with Gasteiger partial charge in [-0.3, -0.25) is 0 Å². The van der Waals surface area contributed by atoms with Gasteiger partial charge in [-0.1, -0.05) is 37.1 Å². The molecule has 16 heavy (non-hydrogen) atoms. The van der Waals surface area contributed by atoms with Crippen molar-refractivity contribution in [2.75, 3.05) is 0 Å². The van der Waals surface area contributed by atoms with Gasteiger partial charge in [0.1, 0.15) is 0 Å². The minimum absolute atomic E-state index is 0.571. The Morgan fingerprint density at radius 1 is 1.19 bits per heavy atom. The van der Waals surface area contributed by atoms with E-state index in [0.29, 0.717) is 17.9 Å². The number of aliphatic hydroxyl groups is 2. The Kier molecular flexibility index (Phi) is 5.81. The Balaban J connectivity index is 2.39. The topological polar surface area (TPSA) is 40.5 Å². The van der Waals surface area contributed by atoms with Gasteiger partial charge in [0.2, 0.25) is 0 Å². The summed E-state index contributed by atoms with van der Waals surface area (Å²) < 4.78 is 0. The molecule has 0 heterocycles. The van der Waals surface area contributed by atoms with E-state index in [1.807, 2.05) is 31.2 Å². The fourth-order valence-corrected chi connectivity index (χ4v) is 1.90. The maximum atomic E-state index is 9.70. The number of hydrogen-bond donors (Lipinski definition) is 2. The minimum Gasteiger partial charge on any atom is -0.390 e. The van der Waals surface area contributed by atoms with Crippen molar-refractivity contribution in [3.8, 4) is 0 Å². The molecular formula is C13H19ClO2. The highest BCUT2D eigenvalue weighted by Crippen LogP contribution is 2.14. The highest BCUT2D eigenvalue weighted by Gasteiger charge is 2.14. The molecule has 0 spiro atoms. The van der Waals surface area contributed by atoms with Crippen LogP contribution in [-0.2, 0) is 6.42 Å². The molecule has 0 aromatic heterocycles. The molecule has 2 atom stereocenters. The van der Waals surface area contributed by atoms with E-state index in [2.05, 4.69) is 0 Å². The molecule has 0 saturated carbocycles. The highest BCUT2D eigenvalue weighted by atomic mass is 35.5. The fourth-order valence-electron chi connectivity index (χ4n) is 1.69. The van der Waals surface area contributed by atoms with Crippen LogP contribution < -0.4 is 0 Å². The third kappa shape index (κ3) is 4.52. The zero-order valence-corrected chi connectivity index (χ0v) is 10.3. The van der Waals surface area contributed by atoms with Crippen LogP contribution in [0, 0.1) is 0 Å². The fraction of sp³-hybridized carbons (Fsp3) is 0.538. The molecule has 1 aromatic rings. The second-order valence-electron chi connectivity index (χ2n) is 4.09. The Morgan fingerprint density at radius 3 is 2.50 bits per heavy atom. The van der Waals surface area contributed by atoms with E-state index in [0.717, 1.165) is 18.4 Å². The van der Waals surface area contributed by atoms with Crippen LogP contribution in [0.3, 0.4) is 0 Å². The SMILES string of the molecule is CCCC(O)C(O)CCc1cccc(Cl)c1. The lowest BCUT2D eigenvalue weighted by molar-refractivity contribution is 0.00981. The Bertz CT molecular complexity index is 315. The summed E-state index contributed by atoms with van der Waals surface area (Å²) in [5.74, 6) is 0. The molecule has 1 aromatic carbocycles. The molecule has 2 unspecified atom stereocenters. The zero-order chi connectivity index (χ0) is 12.0. The van der Waals surface area contributed by atoms with Gasteiger partial charge < -0.3 is 10.2 Å². The molecule has 0 aliphatic carbocycles. The first-order valence-electron chi connectivity index (χ1n) is 5.74. The van der Waals surface area contributed by atoms with Gasteiger partial charge in [0.25, 0.3) is 0 Å². The molecule has 2 nitrogen and oxygen atoms in total. The Labute approximate surface area is 102 Å². The largest absolute Gasteiger partial charge is 0.390 e. The predicted octanol–water partition coefficient (Wildman–Crippen LogP) is 2.79. The van der Waals surface area contributed by atoms with Gasteiger partial charge in [-0.25, -0.2) is 0 Å². The Morgan fingerprint density at radius 2 is 1.88 bits per heavy atom. The van der Waals surface area contributed by atoms with Crippen molar-refractivity contribution in [1.29, 1.82) is 0 Å². The number of aryl methyl sites for hydroxylation is 1. The average molecular weight is 243 g/mol. The van der Waals surface area contributed by atoms with Crippen molar-refractivity contribution < 1.29 is 10.2 Å². The zero-order valence-electron chi connectivity index (χ0n) is 9.56.